The third-order valence-corrected chi connectivity index (χ3v) is 11.0. The molecule has 3 aliphatic rings. The predicted molar refractivity (Wildman–Crippen MR) is 147 cm³/mol. The molecule has 0 saturated carbocycles. The molecule has 0 aromatic heterocycles. The molecule has 1 aromatic rings. The lowest BCUT2D eigenvalue weighted by molar-refractivity contribution is -0.154. The number of hydrogen-bond donors (Lipinski definition) is 1. The molecule has 1 N–H and O–H groups in total. The highest BCUT2D eigenvalue weighted by molar-refractivity contribution is 9.09. The van der Waals surface area contributed by atoms with E-state index in [4.69, 9.17) is 9.47 Å². The number of aliphatic hydroxyl groups is 1. The molecular weight excluding hydrogens is 560 g/mol. The van der Waals surface area contributed by atoms with Crippen LogP contribution in [0.3, 0.4) is 0 Å². The van der Waals surface area contributed by atoms with Crippen molar-refractivity contribution in [2.75, 3.05) is 31.8 Å². The Bertz CT molecular complexity index is 1050. The number of nitrogens with zero attached hydrogens (tertiary/aromatic N) is 2. The molecule has 1 aromatic carbocycles. The van der Waals surface area contributed by atoms with Crippen LogP contribution < -0.4 is 9.64 Å². The number of thioether (sulfide) groups is 1. The summed E-state index contributed by atoms with van der Waals surface area (Å²) in [6.07, 6.45) is 2.21. The summed E-state index contributed by atoms with van der Waals surface area (Å²) >= 11 is 5.31. The van der Waals surface area contributed by atoms with Crippen molar-refractivity contribution in [1.82, 2.24) is 4.90 Å². The van der Waals surface area contributed by atoms with Gasteiger partial charge in [-0.25, -0.2) is 0 Å². The fourth-order valence-corrected chi connectivity index (χ4v) is 9.77. The lowest BCUT2D eigenvalue weighted by Gasteiger charge is -2.40. The number of fused-ring (bicyclic) bond motifs is 1. The summed E-state index contributed by atoms with van der Waals surface area (Å²) in [4.78, 5) is 45.0. The highest BCUT2D eigenvalue weighted by atomic mass is 79.9. The van der Waals surface area contributed by atoms with Crippen molar-refractivity contribution in [1.29, 1.82) is 0 Å². The molecule has 3 heterocycles. The number of halogens is 1. The van der Waals surface area contributed by atoms with E-state index < -0.39 is 34.6 Å². The fraction of sp³-hybridized carbons (Fsp3) is 0.593. The summed E-state index contributed by atoms with van der Waals surface area (Å²) in [5.74, 6) is -1.70. The first-order valence-electron chi connectivity index (χ1n) is 12.6. The van der Waals surface area contributed by atoms with Gasteiger partial charge in [0.25, 0.3) is 5.91 Å². The molecule has 0 radical (unpaired) electrons. The number of likely N-dealkylation sites (tertiary alicyclic amines) is 1. The average molecular weight is 596 g/mol. The van der Waals surface area contributed by atoms with Crippen LogP contribution in [0.25, 0.3) is 0 Å². The van der Waals surface area contributed by atoms with Crippen molar-refractivity contribution in [2.45, 2.75) is 54.1 Å². The Morgan fingerprint density at radius 1 is 1.35 bits per heavy atom. The Labute approximate surface area is 230 Å². The number of carbonyl (C=O) groups is 3. The monoisotopic (exact) mass is 594 g/mol. The molecule has 2 bridgehead atoms. The Hall–Kier alpha value is -2.04. The molecule has 4 rings (SSSR count). The molecule has 3 fully saturated rings. The van der Waals surface area contributed by atoms with Crippen LogP contribution in [0.15, 0.2) is 36.9 Å². The van der Waals surface area contributed by atoms with Gasteiger partial charge in [0, 0.05) is 22.3 Å². The molecule has 10 heteroatoms. The van der Waals surface area contributed by atoms with Gasteiger partial charge in [-0.05, 0) is 43.5 Å². The van der Waals surface area contributed by atoms with Gasteiger partial charge in [-0.2, -0.15) is 0 Å². The van der Waals surface area contributed by atoms with Crippen LogP contribution in [0.2, 0.25) is 0 Å². The van der Waals surface area contributed by atoms with Crippen LogP contribution in [0.4, 0.5) is 5.69 Å². The SMILES string of the molecule is C=CCN(C(=O)C1N([C@@H](CO)C(C)C)C(=O)[C@@H]2[C@@H](C(=O)OCC)[C@@H]3SC12CC3Br)c1ccc(OC)cc1. The number of ether oxygens (including phenoxy) is 2. The molecule has 1 spiro atoms. The van der Waals surface area contributed by atoms with Crippen molar-refractivity contribution in [3.8, 4) is 5.75 Å². The maximum absolute atomic E-state index is 14.6. The zero-order valence-electron chi connectivity index (χ0n) is 21.6. The lowest BCUT2D eigenvalue weighted by atomic mass is 9.71. The number of aliphatic hydroxyl groups excluding tert-OH is 1. The van der Waals surface area contributed by atoms with Gasteiger partial charge in [0.05, 0.1) is 42.9 Å². The summed E-state index contributed by atoms with van der Waals surface area (Å²) in [7, 11) is 1.58. The quantitative estimate of drug-likeness (QED) is 0.252. The highest BCUT2D eigenvalue weighted by Crippen LogP contribution is 2.68. The number of anilines is 1. The number of amides is 2. The number of esters is 1. The average Bonchev–Trinajstić information content (AvgIpc) is 3.46. The molecule has 37 heavy (non-hydrogen) atoms. The van der Waals surface area contributed by atoms with Crippen LogP contribution >= 0.6 is 27.7 Å². The number of rotatable bonds is 10. The van der Waals surface area contributed by atoms with Gasteiger partial charge in [-0.3, -0.25) is 14.4 Å². The molecular formula is C27H35BrN2O6S. The number of alkyl halides is 1. The second kappa shape index (κ2) is 11.0. The van der Waals surface area contributed by atoms with Crippen molar-refractivity contribution >= 4 is 51.2 Å². The summed E-state index contributed by atoms with van der Waals surface area (Å²) in [5, 5.41) is 10.2. The molecule has 8 nitrogen and oxygen atoms in total. The second-order valence-electron chi connectivity index (χ2n) is 10.1. The fourth-order valence-electron chi connectivity index (χ4n) is 6.19. The van der Waals surface area contributed by atoms with Gasteiger partial charge in [0.1, 0.15) is 11.8 Å². The van der Waals surface area contributed by atoms with Crippen LogP contribution in [0.1, 0.15) is 27.2 Å². The Morgan fingerprint density at radius 2 is 2.03 bits per heavy atom. The third kappa shape index (κ3) is 4.48. The van der Waals surface area contributed by atoms with Gasteiger partial charge >= 0.3 is 5.97 Å². The minimum absolute atomic E-state index is 0.0494. The predicted octanol–water partition coefficient (Wildman–Crippen LogP) is 3.26. The van der Waals surface area contributed by atoms with Crippen molar-refractivity contribution < 1.29 is 29.0 Å². The van der Waals surface area contributed by atoms with Gasteiger partial charge in [-0.15, -0.1) is 18.3 Å². The topological polar surface area (TPSA) is 96.4 Å². The summed E-state index contributed by atoms with van der Waals surface area (Å²) in [5.41, 5.74) is 0.651. The molecule has 3 aliphatic heterocycles. The zero-order valence-corrected chi connectivity index (χ0v) is 24.0. The number of hydrogen-bond acceptors (Lipinski definition) is 7. The minimum Gasteiger partial charge on any atom is -0.497 e. The largest absolute Gasteiger partial charge is 0.497 e. The Balaban J connectivity index is 1.84. The van der Waals surface area contributed by atoms with E-state index in [9.17, 15) is 19.5 Å². The smallest absolute Gasteiger partial charge is 0.310 e. The molecule has 202 valence electrons. The normalized spacial score (nSPS) is 30.8. The Kier molecular flexibility index (Phi) is 8.30. The summed E-state index contributed by atoms with van der Waals surface area (Å²) in [6.45, 7) is 9.62. The molecule has 2 amide bonds. The number of carbonyl (C=O) groups excluding carboxylic acids is 3. The minimum atomic E-state index is -0.860. The highest BCUT2D eigenvalue weighted by Gasteiger charge is 2.76. The van der Waals surface area contributed by atoms with Crippen LogP contribution in [0, 0.1) is 17.8 Å². The van der Waals surface area contributed by atoms with E-state index in [0.29, 0.717) is 17.9 Å². The van der Waals surface area contributed by atoms with Crippen LogP contribution in [0.5, 0.6) is 5.75 Å². The number of methoxy groups -OCH3 is 1. The molecule has 3 saturated heterocycles. The van der Waals surface area contributed by atoms with Gasteiger partial charge in [0.15, 0.2) is 0 Å². The standard InChI is InChI=1S/C27H35BrN2O6S/c1-6-12-29(16-8-10-17(35-5)11-9-16)25(33)23-27-13-18(28)22(37-27)20(26(34)36-7-2)21(27)24(32)30(23)19(14-31)15(3)4/h6,8-11,15,18-23,31H,1,7,12-14H2,2-5H3/t18?,19-,20+,21-,22+,23?,27?/m0/s1. The first-order valence-corrected chi connectivity index (χ1v) is 14.4. The first-order chi connectivity index (χ1) is 17.7. The van der Waals surface area contributed by atoms with E-state index in [1.807, 2.05) is 13.8 Å². The van der Waals surface area contributed by atoms with Gasteiger partial charge < -0.3 is 24.4 Å². The van der Waals surface area contributed by atoms with Gasteiger partial charge in [0.2, 0.25) is 5.91 Å². The zero-order chi connectivity index (χ0) is 27.1. The summed E-state index contributed by atoms with van der Waals surface area (Å²) in [6, 6.07) is 5.74. The second-order valence-corrected chi connectivity index (χ2v) is 12.8. The van der Waals surface area contributed by atoms with E-state index in [2.05, 4.69) is 22.5 Å². The van der Waals surface area contributed by atoms with E-state index in [1.165, 1.54) is 0 Å². The number of benzene rings is 1. The van der Waals surface area contributed by atoms with E-state index in [1.54, 1.807) is 65.9 Å². The van der Waals surface area contributed by atoms with Crippen LogP contribution in [-0.4, -0.2) is 81.6 Å². The van der Waals surface area contributed by atoms with E-state index in [0.717, 1.165) is 0 Å². The lowest BCUT2D eigenvalue weighted by Crippen LogP contribution is -2.59. The van der Waals surface area contributed by atoms with E-state index >= 15 is 0 Å². The third-order valence-electron chi connectivity index (χ3n) is 7.80. The van der Waals surface area contributed by atoms with Gasteiger partial charge in [-0.1, -0.05) is 35.9 Å². The molecule has 7 atom stereocenters. The van der Waals surface area contributed by atoms with Crippen molar-refractivity contribution in [3.63, 3.8) is 0 Å². The van der Waals surface area contributed by atoms with Crippen molar-refractivity contribution in [2.24, 2.45) is 17.8 Å². The van der Waals surface area contributed by atoms with E-state index in [-0.39, 0.29) is 47.6 Å². The Morgan fingerprint density at radius 3 is 2.57 bits per heavy atom. The van der Waals surface area contributed by atoms with Crippen molar-refractivity contribution in [3.05, 3.63) is 36.9 Å². The van der Waals surface area contributed by atoms with Crippen LogP contribution in [-0.2, 0) is 19.1 Å². The summed E-state index contributed by atoms with van der Waals surface area (Å²) < 4.78 is 9.87. The molecule has 0 aliphatic carbocycles. The maximum atomic E-state index is 14.6. The maximum Gasteiger partial charge on any atom is 0.310 e. The molecule has 3 unspecified atom stereocenters. The first kappa shape index (κ1) is 28.0.